The van der Waals surface area contributed by atoms with Crippen molar-refractivity contribution in [2.24, 2.45) is 0 Å². The van der Waals surface area contributed by atoms with Crippen molar-refractivity contribution in [3.63, 3.8) is 0 Å². The molecule has 1 saturated heterocycles. The summed E-state index contributed by atoms with van der Waals surface area (Å²) in [4.78, 5) is 21.2. The lowest BCUT2D eigenvalue weighted by Gasteiger charge is -2.34. The van der Waals surface area contributed by atoms with Crippen LogP contribution in [0.3, 0.4) is 0 Å². The van der Waals surface area contributed by atoms with E-state index >= 15 is 0 Å². The molecule has 17 heavy (non-hydrogen) atoms. The molecular formula is C12H22O5. The molecule has 0 aliphatic carbocycles. The van der Waals surface area contributed by atoms with Gasteiger partial charge in [0.05, 0.1) is 6.61 Å². The minimum absolute atomic E-state index is 0.441. The zero-order chi connectivity index (χ0) is 12.7. The average Bonchev–Trinajstić information content (AvgIpc) is 2.35. The third-order valence-corrected chi connectivity index (χ3v) is 3.07. The molecule has 1 N–H and O–H groups in total. The van der Waals surface area contributed by atoms with Crippen molar-refractivity contribution < 1.29 is 24.4 Å². The average molecular weight is 246 g/mol. The maximum atomic E-state index is 11.3. The lowest BCUT2D eigenvalue weighted by atomic mass is 9.94. The molecule has 5 heteroatoms. The molecule has 1 rings (SSSR count). The molecule has 0 amide bonds. The Bertz CT molecular complexity index is 237. The largest absolute Gasteiger partial charge is 0.479 e. The number of aliphatic carboxylic acids is 1. The molecule has 0 saturated carbocycles. The quantitative estimate of drug-likeness (QED) is 0.550. The highest BCUT2D eigenvalue weighted by Crippen LogP contribution is 2.26. The van der Waals surface area contributed by atoms with Gasteiger partial charge in [-0.25, -0.2) is 14.6 Å². The Morgan fingerprint density at radius 3 is 2.82 bits per heavy atom. The third kappa shape index (κ3) is 3.94. The van der Waals surface area contributed by atoms with Crippen LogP contribution in [-0.4, -0.2) is 36.0 Å². The summed E-state index contributed by atoms with van der Waals surface area (Å²) in [5.74, 6) is -0.996. The lowest BCUT2D eigenvalue weighted by Crippen LogP contribution is -2.51. The van der Waals surface area contributed by atoms with Crippen molar-refractivity contribution in [2.75, 3.05) is 13.2 Å². The highest BCUT2D eigenvalue weighted by atomic mass is 17.2. The van der Waals surface area contributed by atoms with Crippen LogP contribution < -0.4 is 0 Å². The molecular weight excluding hydrogens is 224 g/mol. The van der Waals surface area contributed by atoms with Crippen molar-refractivity contribution in [3.05, 3.63) is 0 Å². The second-order valence-corrected chi connectivity index (χ2v) is 4.52. The fourth-order valence-corrected chi connectivity index (χ4v) is 1.80. The van der Waals surface area contributed by atoms with E-state index in [1.165, 1.54) is 0 Å². The number of carbonyl (C=O) groups is 1. The van der Waals surface area contributed by atoms with Crippen LogP contribution in [0, 0.1) is 0 Å². The Hall–Kier alpha value is -0.650. The van der Waals surface area contributed by atoms with Crippen LogP contribution in [0.5, 0.6) is 0 Å². The van der Waals surface area contributed by atoms with Gasteiger partial charge in [-0.05, 0) is 26.2 Å². The smallest absolute Gasteiger partial charge is 0.338 e. The highest BCUT2D eigenvalue weighted by molar-refractivity contribution is 5.77. The summed E-state index contributed by atoms with van der Waals surface area (Å²) in [5, 5.41) is 9.28. The topological polar surface area (TPSA) is 65.0 Å². The minimum atomic E-state index is -1.31. The first-order valence-corrected chi connectivity index (χ1v) is 6.27. The van der Waals surface area contributed by atoms with Gasteiger partial charge < -0.3 is 9.84 Å². The Morgan fingerprint density at radius 2 is 2.29 bits per heavy atom. The van der Waals surface area contributed by atoms with Crippen LogP contribution in [0.25, 0.3) is 0 Å². The van der Waals surface area contributed by atoms with Gasteiger partial charge in [-0.1, -0.05) is 19.8 Å². The molecule has 0 radical (unpaired) electrons. The van der Waals surface area contributed by atoms with E-state index in [-0.39, 0.29) is 0 Å². The van der Waals surface area contributed by atoms with E-state index in [2.05, 4.69) is 6.92 Å². The van der Waals surface area contributed by atoms with E-state index in [0.717, 1.165) is 25.7 Å². The number of rotatable bonds is 7. The van der Waals surface area contributed by atoms with Crippen LogP contribution in [0.1, 0.15) is 46.0 Å². The third-order valence-electron chi connectivity index (χ3n) is 3.07. The first kappa shape index (κ1) is 14.4. The lowest BCUT2D eigenvalue weighted by molar-refractivity contribution is -0.370. The SMILES string of the molecule is CCCCCOC(C)(C(=O)O)C1CCCOO1. The van der Waals surface area contributed by atoms with Gasteiger partial charge in [-0.15, -0.1) is 0 Å². The molecule has 100 valence electrons. The number of hydrogen-bond acceptors (Lipinski definition) is 4. The van der Waals surface area contributed by atoms with Gasteiger partial charge in [0.1, 0.15) is 6.10 Å². The summed E-state index contributed by atoms with van der Waals surface area (Å²) < 4.78 is 5.53. The summed E-state index contributed by atoms with van der Waals surface area (Å²) in [6.45, 7) is 4.60. The van der Waals surface area contributed by atoms with Gasteiger partial charge in [0.25, 0.3) is 0 Å². The summed E-state index contributed by atoms with van der Waals surface area (Å²) in [7, 11) is 0. The van der Waals surface area contributed by atoms with E-state index in [4.69, 9.17) is 14.5 Å². The first-order chi connectivity index (χ1) is 8.11. The molecule has 2 atom stereocenters. The molecule has 0 spiro atoms. The van der Waals surface area contributed by atoms with Crippen LogP contribution >= 0.6 is 0 Å². The Kier molecular flexibility index (Phi) is 5.88. The molecule has 1 aliphatic rings. The fraction of sp³-hybridized carbons (Fsp3) is 0.917. The van der Waals surface area contributed by atoms with Gasteiger partial charge in [0, 0.05) is 6.61 Å². The number of carboxylic acids is 1. The monoisotopic (exact) mass is 246 g/mol. The first-order valence-electron chi connectivity index (χ1n) is 6.27. The van der Waals surface area contributed by atoms with Gasteiger partial charge in [-0.2, -0.15) is 0 Å². The molecule has 0 aromatic carbocycles. The standard InChI is InChI=1S/C12H22O5/c1-3-4-5-8-15-12(2,11(13)14)10-7-6-9-16-17-10/h10H,3-9H2,1-2H3,(H,13,14). The second-order valence-electron chi connectivity index (χ2n) is 4.52. The number of carboxylic acid groups (broad SMARTS) is 1. The van der Waals surface area contributed by atoms with Crippen LogP contribution in [-0.2, 0) is 19.3 Å². The number of hydrogen-bond donors (Lipinski definition) is 1. The summed E-state index contributed by atoms with van der Waals surface area (Å²) in [6.07, 6.45) is 3.90. The molecule has 0 aromatic heterocycles. The molecule has 1 fully saturated rings. The van der Waals surface area contributed by atoms with Crippen LogP contribution in [0.2, 0.25) is 0 Å². The molecule has 2 unspecified atom stereocenters. The van der Waals surface area contributed by atoms with Gasteiger partial charge in [0.2, 0.25) is 0 Å². The Labute approximate surface area is 102 Å². The normalized spacial score (nSPS) is 24.2. The number of ether oxygens (including phenoxy) is 1. The predicted octanol–water partition coefficient (Wildman–Crippen LogP) is 2.15. The molecule has 0 aromatic rings. The van der Waals surface area contributed by atoms with Crippen molar-refractivity contribution >= 4 is 5.97 Å². The minimum Gasteiger partial charge on any atom is -0.479 e. The predicted molar refractivity (Wildman–Crippen MR) is 61.6 cm³/mol. The van der Waals surface area contributed by atoms with Crippen LogP contribution in [0.4, 0.5) is 0 Å². The zero-order valence-electron chi connectivity index (χ0n) is 10.6. The van der Waals surface area contributed by atoms with Crippen LogP contribution in [0.15, 0.2) is 0 Å². The molecule has 0 bridgehead atoms. The van der Waals surface area contributed by atoms with Crippen molar-refractivity contribution in [2.45, 2.75) is 57.7 Å². The van der Waals surface area contributed by atoms with Crippen molar-refractivity contribution in [1.82, 2.24) is 0 Å². The summed E-state index contributed by atoms with van der Waals surface area (Å²) in [5.41, 5.74) is -1.31. The zero-order valence-corrected chi connectivity index (χ0v) is 10.6. The summed E-state index contributed by atoms with van der Waals surface area (Å²) in [6, 6.07) is 0. The maximum absolute atomic E-state index is 11.3. The molecule has 5 nitrogen and oxygen atoms in total. The second kappa shape index (κ2) is 6.93. The van der Waals surface area contributed by atoms with E-state index in [9.17, 15) is 9.90 Å². The number of unbranched alkanes of at least 4 members (excludes halogenated alkanes) is 2. The van der Waals surface area contributed by atoms with Crippen molar-refractivity contribution in [1.29, 1.82) is 0 Å². The fourth-order valence-electron chi connectivity index (χ4n) is 1.80. The van der Waals surface area contributed by atoms with Crippen molar-refractivity contribution in [3.8, 4) is 0 Å². The highest BCUT2D eigenvalue weighted by Gasteiger charge is 2.45. The van der Waals surface area contributed by atoms with E-state index < -0.39 is 17.7 Å². The molecule has 1 heterocycles. The van der Waals surface area contributed by atoms with E-state index in [0.29, 0.717) is 19.6 Å². The Balaban J connectivity index is 2.51. The van der Waals surface area contributed by atoms with Gasteiger partial charge >= 0.3 is 5.97 Å². The summed E-state index contributed by atoms with van der Waals surface area (Å²) >= 11 is 0. The maximum Gasteiger partial charge on any atom is 0.338 e. The van der Waals surface area contributed by atoms with E-state index in [1.54, 1.807) is 6.92 Å². The van der Waals surface area contributed by atoms with Gasteiger partial charge in [-0.3, -0.25) is 0 Å². The Morgan fingerprint density at radius 1 is 1.53 bits per heavy atom. The molecule has 1 aliphatic heterocycles. The van der Waals surface area contributed by atoms with E-state index in [1.807, 2.05) is 0 Å². The van der Waals surface area contributed by atoms with Gasteiger partial charge in [0.15, 0.2) is 5.60 Å².